The number of carbonyl (C=O) groups is 2. The van der Waals surface area contributed by atoms with Gasteiger partial charge in [0.2, 0.25) is 5.91 Å². The topological polar surface area (TPSA) is 88.3 Å². The van der Waals surface area contributed by atoms with Crippen molar-refractivity contribution in [2.45, 2.75) is 26.2 Å². The number of benzene rings is 1. The molecule has 1 saturated heterocycles. The number of thiazole rings is 1. The standard InChI is InChI=1S/C20H26N4O2S/c1-14-18(27-17(23-14)12-15-6-3-2-4-7-15)20(26)24-11-5-8-16(13-24)19(25)22-10-9-21/h2-4,6-7,16H,5,8-13,21H2,1H3,(H,22,25). The third-order valence-corrected chi connectivity index (χ3v) is 5.90. The first-order valence-electron chi connectivity index (χ1n) is 9.35. The summed E-state index contributed by atoms with van der Waals surface area (Å²) in [5.41, 5.74) is 7.40. The average Bonchev–Trinajstić information content (AvgIpc) is 3.06. The van der Waals surface area contributed by atoms with E-state index in [0.717, 1.165) is 30.0 Å². The minimum atomic E-state index is -0.161. The van der Waals surface area contributed by atoms with Crippen molar-refractivity contribution in [1.82, 2.24) is 15.2 Å². The summed E-state index contributed by atoms with van der Waals surface area (Å²) in [6.45, 7) is 3.92. The molecule has 2 amide bonds. The number of nitrogens with one attached hydrogen (secondary N) is 1. The van der Waals surface area contributed by atoms with Gasteiger partial charge in [-0.25, -0.2) is 4.98 Å². The van der Waals surface area contributed by atoms with E-state index in [1.54, 1.807) is 4.90 Å². The van der Waals surface area contributed by atoms with E-state index >= 15 is 0 Å². The minimum absolute atomic E-state index is 0.0104. The molecule has 1 aliphatic rings. The van der Waals surface area contributed by atoms with Crippen molar-refractivity contribution in [1.29, 1.82) is 0 Å². The zero-order valence-electron chi connectivity index (χ0n) is 15.6. The monoisotopic (exact) mass is 386 g/mol. The van der Waals surface area contributed by atoms with Crippen molar-refractivity contribution in [2.75, 3.05) is 26.2 Å². The number of aromatic nitrogens is 1. The molecule has 1 fully saturated rings. The van der Waals surface area contributed by atoms with Gasteiger partial charge in [-0.15, -0.1) is 11.3 Å². The third kappa shape index (κ3) is 4.93. The molecule has 7 heteroatoms. The Morgan fingerprint density at radius 2 is 2.11 bits per heavy atom. The number of piperidine rings is 1. The first-order chi connectivity index (χ1) is 13.1. The zero-order valence-corrected chi connectivity index (χ0v) is 16.4. The van der Waals surface area contributed by atoms with Crippen LogP contribution in [-0.2, 0) is 11.2 Å². The molecule has 0 aliphatic carbocycles. The van der Waals surface area contributed by atoms with Crippen LogP contribution in [0.25, 0.3) is 0 Å². The number of carbonyl (C=O) groups excluding carboxylic acids is 2. The summed E-state index contributed by atoms with van der Waals surface area (Å²) in [4.78, 5) is 32.3. The molecule has 1 aromatic carbocycles. The van der Waals surface area contributed by atoms with Crippen molar-refractivity contribution in [3.8, 4) is 0 Å². The summed E-state index contributed by atoms with van der Waals surface area (Å²) < 4.78 is 0. The van der Waals surface area contributed by atoms with Crippen LogP contribution in [0.1, 0.15) is 38.8 Å². The molecule has 0 spiro atoms. The summed E-state index contributed by atoms with van der Waals surface area (Å²) >= 11 is 1.46. The largest absolute Gasteiger partial charge is 0.355 e. The lowest BCUT2D eigenvalue weighted by atomic mass is 9.97. The fourth-order valence-corrected chi connectivity index (χ4v) is 4.42. The highest BCUT2D eigenvalue weighted by molar-refractivity contribution is 7.13. The molecule has 2 heterocycles. The number of likely N-dealkylation sites (tertiary alicyclic amines) is 1. The average molecular weight is 387 g/mol. The number of hydrogen-bond donors (Lipinski definition) is 2. The molecule has 6 nitrogen and oxygen atoms in total. The van der Waals surface area contributed by atoms with Crippen LogP contribution in [0.5, 0.6) is 0 Å². The number of hydrogen-bond acceptors (Lipinski definition) is 5. The molecule has 144 valence electrons. The van der Waals surface area contributed by atoms with Gasteiger partial charge in [-0.3, -0.25) is 9.59 Å². The van der Waals surface area contributed by atoms with E-state index < -0.39 is 0 Å². The van der Waals surface area contributed by atoms with Crippen molar-refractivity contribution in [3.05, 3.63) is 51.5 Å². The fraction of sp³-hybridized carbons (Fsp3) is 0.450. The predicted molar refractivity (Wildman–Crippen MR) is 107 cm³/mol. The quantitative estimate of drug-likeness (QED) is 0.794. The van der Waals surface area contributed by atoms with Gasteiger partial charge in [0.15, 0.2) is 0 Å². The molecule has 2 aromatic rings. The molecule has 0 bridgehead atoms. The van der Waals surface area contributed by atoms with Crippen LogP contribution in [0.2, 0.25) is 0 Å². The van der Waals surface area contributed by atoms with Crippen LogP contribution in [0.4, 0.5) is 0 Å². The van der Waals surface area contributed by atoms with Gasteiger partial charge >= 0.3 is 0 Å². The van der Waals surface area contributed by atoms with Gasteiger partial charge in [0.25, 0.3) is 5.91 Å². The minimum Gasteiger partial charge on any atom is -0.355 e. The van der Waals surface area contributed by atoms with E-state index in [0.29, 0.717) is 31.1 Å². The molecular formula is C20H26N4O2S. The lowest BCUT2D eigenvalue weighted by molar-refractivity contribution is -0.126. The molecule has 3 rings (SSSR count). The summed E-state index contributed by atoms with van der Waals surface area (Å²) in [5.74, 6) is -0.185. The van der Waals surface area contributed by atoms with Crippen molar-refractivity contribution < 1.29 is 9.59 Å². The van der Waals surface area contributed by atoms with Gasteiger partial charge in [0.05, 0.1) is 16.6 Å². The summed E-state index contributed by atoms with van der Waals surface area (Å²) in [5, 5.41) is 3.77. The Morgan fingerprint density at radius 3 is 2.85 bits per heavy atom. The highest BCUT2D eigenvalue weighted by Gasteiger charge is 2.30. The summed E-state index contributed by atoms with van der Waals surface area (Å²) in [6, 6.07) is 10.1. The van der Waals surface area contributed by atoms with Gasteiger partial charge in [-0.05, 0) is 25.3 Å². The Hall–Kier alpha value is -2.25. The van der Waals surface area contributed by atoms with Gasteiger partial charge in [-0.2, -0.15) is 0 Å². The molecule has 1 unspecified atom stereocenters. The van der Waals surface area contributed by atoms with E-state index in [4.69, 9.17) is 5.73 Å². The Morgan fingerprint density at radius 1 is 1.33 bits per heavy atom. The predicted octanol–water partition coefficient (Wildman–Crippen LogP) is 1.97. The molecule has 1 aromatic heterocycles. The SMILES string of the molecule is Cc1nc(Cc2ccccc2)sc1C(=O)N1CCCC(C(=O)NCCN)C1. The number of nitrogens with two attached hydrogens (primary N) is 1. The second kappa shape index (κ2) is 9.10. The van der Waals surface area contributed by atoms with Crippen molar-refractivity contribution >= 4 is 23.2 Å². The Bertz CT molecular complexity index is 791. The molecule has 0 saturated carbocycles. The van der Waals surface area contributed by atoms with E-state index in [9.17, 15) is 9.59 Å². The maximum Gasteiger partial charge on any atom is 0.265 e. The second-order valence-electron chi connectivity index (χ2n) is 6.85. The van der Waals surface area contributed by atoms with E-state index in [1.165, 1.54) is 16.9 Å². The lowest BCUT2D eigenvalue weighted by Gasteiger charge is -2.31. The normalized spacial score (nSPS) is 17.0. The lowest BCUT2D eigenvalue weighted by Crippen LogP contribution is -2.46. The van der Waals surface area contributed by atoms with Crippen LogP contribution in [0.15, 0.2) is 30.3 Å². The molecule has 1 atom stereocenters. The number of amides is 2. The van der Waals surface area contributed by atoms with Gasteiger partial charge < -0.3 is 16.0 Å². The van der Waals surface area contributed by atoms with E-state index in [1.807, 2.05) is 25.1 Å². The fourth-order valence-electron chi connectivity index (χ4n) is 3.36. The first kappa shape index (κ1) is 19.5. The maximum atomic E-state index is 13.0. The number of aryl methyl sites for hydroxylation is 1. The highest BCUT2D eigenvalue weighted by Crippen LogP contribution is 2.25. The Labute approximate surface area is 163 Å². The van der Waals surface area contributed by atoms with Crippen molar-refractivity contribution in [3.63, 3.8) is 0 Å². The van der Waals surface area contributed by atoms with Crippen LogP contribution >= 0.6 is 11.3 Å². The Kier molecular flexibility index (Phi) is 6.58. The molecule has 27 heavy (non-hydrogen) atoms. The van der Waals surface area contributed by atoms with Crippen LogP contribution in [0.3, 0.4) is 0 Å². The second-order valence-corrected chi connectivity index (χ2v) is 7.94. The summed E-state index contributed by atoms with van der Waals surface area (Å²) in [7, 11) is 0. The van der Waals surface area contributed by atoms with Crippen molar-refractivity contribution in [2.24, 2.45) is 11.7 Å². The highest BCUT2D eigenvalue weighted by atomic mass is 32.1. The number of rotatable bonds is 6. The van der Waals surface area contributed by atoms with Gasteiger partial charge in [0.1, 0.15) is 4.88 Å². The third-order valence-electron chi connectivity index (χ3n) is 4.76. The molecule has 0 radical (unpaired) electrons. The zero-order chi connectivity index (χ0) is 19.2. The summed E-state index contributed by atoms with van der Waals surface area (Å²) in [6.07, 6.45) is 2.37. The van der Waals surface area contributed by atoms with Crippen LogP contribution < -0.4 is 11.1 Å². The van der Waals surface area contributed by atoms with E-state index in [2.05, 4.69) is 22.4 Å². The Balaban J connectivity index is 1.67. The van der Waals surface area contributed by atoms with E-state index in [-0.39, 0.29) is 17.7 Å². The first-order valence-corrected chi connectivity index (χ1v) is 10.2. The molecule has 3 N–H and O–H groups in total. The molecular weight excluding hydrogens is 360 g/mol. The van der Waals surface area contributed by atoms with Gasteiger partial charge in [-0.1, -0.05) is 30.3 Å². The maximum absolute atomic E-state index is 13.0. The molecule has 1 aliphatic heterocycles. The smallest absolute Gasteiger partial charge is 0.265 e. The van der Waals surface area contributed by atoms with Crippen LogP contribution in [-0.4, -0.2) is 47.9 Å². The van der Waals surface area contributed by atoms with Gasteiger partial charge in [0, 0.05) is 32.6 Å². The van der Waals surface area contributed by atoms with Crippen LogP contribution in [0, 0.1) is 12.8 Å². The number of nitrogens with zero attached hydrogens (tertiary/aromatic N) is 2.